The maximum Gasteiger partial charge on any atom is 0.472 e. The van der Waals surface area contributed by atoms with Crippen molar-refractivity contribution >= 4 is 39.5 Å². The Kier molecular flexibility index (Phi) is 72.8. The normalized spacial score (nSPS) is 14.2. The number of aliphatic hydroxyl groups is 1. The van der Waals surface area contributed by atoms with E-state index in [4.69, 9.17) is 37.0 Å². The third-order valence-corrected chi connectivity index (χ3v) is 21.9. The van der Waals surface area contributed by atoms with Gasteiger partial charge in [-0.2, -0.15) is 0 Å². The minimum absolute atomic E-state index is 0.106. The van der Waals surface area contributed by atoms with E-state index in [0.29, 0.717) is 25.7 Å². The van der Waals surface area contributed by atoms with Crippen molar-refractivity contribution in [2.45, 2.75) is 458 Å². The number of aliphatic hydroxyl groups excluding tert-OH is 1. The number of ether oxygens (including phenoxy) is 4. The van der Waals surface area contributed by atoms with E-state index in [9.17, 15) is 43.2 Å². The Hall–Kier alpha value is -1.94. The lowest BCUT2D eigenvalue weighted by molar-refractivity contribution is -0.161. The zero-order valence-corrected chi connectivity index (χ0v) is 69.6. The van der Waals surface area contributed by atoms with Crippen LogP contribution >= 0.6 is 15.6 Å². The first-order chi connectivity index (χ1) is 49.8. The van der Waals surface area contributed by atoms with Crippen LogP contribution in [0.15, 0.2) is 0 Å². The van der Waals surface area contributed by atoms with Gasteiger partial charge in [-0.25, -0.2) is 9.13 Å². The zero-order chi connectivity index (χ0) is 75.8. The van der Waals surface area contributed by atoms with Gasteiger partial charge in [0.2, 0.25) is 0 Å². The Morgan fingerprint density at radius 2 is 0.495 bits per heavy atom. The van der Waals surface area contributed by atoms with Crippen LogP contribution in [0.25, 0.3) is 0 Å². The predicted molar refractivity (Wildman–Crippen MR) is 423 cm³/mol. The van der Waals surface area contributed by atoms with Gasteiger partial charge in [-0.15, -0.1) is 0 Å². The van der Waals surface area contributed by atoms with Crippen LogP contribution in [0.2, 0.25) is 0 Å². The number of hydrogen-bond acceptors (Lipinski definition) is 15. The molecule has 19 heteroatoms. The molecule has 0 rings (SSSR count). The fraction of sp³-hybridized carbons (Fsp3) is 0.952. The summed E-state index contributed by atoms with van der Waals surface area (Å²) in [5.74, 6) is 0.299. The van der Waals surface area contributed by atoms with Gasteiger partial charge in [0.15, 0.2) is 12.2 Å². The largest absolute Gasteiger partial charge is 0.472 e. The molecule has 0 aromatic rings. The number of rotatable bonds is 82. The molecule has 0 heterocycles. The molecule has 6 atom stereocenters. The summed E-state index contributed by atoms with van der Waals surface area (Å²) < 4.78 is 68.8. The van der Waals surface area contributed by atoms with E-state index < -0.39 is 97.5 Å². The smallest absolute Gasteiger partial charge is 0.462 e. The number of carbonyl (C=O) groups excluding carboxylic acids is 4. The quantitative estimate of drug-likeness (QED) is 0.0222. The molecular formula is C84H164O17P2. The Morgan fingerprint density at radius 3 is 0.738 bits per heavy atom. The Bertz CT molecular complexity index is 1990. The molecule has 0 aromatic carbocycles. The summed E-state index contributed by atoms with van der Waals surface area (Å²) in [7, 11) is -9.93. The van der Waals surface area contributed by atoms with Gasteiger partial charge in [0, 0.05) is 25.7 Å². The molecule has 0 fully saturated rings. The highest BCUT2D eigenvalue weighted by Crippen LogP contribution is 2.45. The molecule has 0 spiro atoms. The molecule has 0 aromatic heterocycles. The van der Waals surface area contributed by atoms with Crippen LogP contribution in [-0.2, 0) is 65.4 Å². The minimum Gasteiger partial charge on any atom is -0.462 e. The van der Waals surface area contributed by atoms with Gasteiger partial charge >= 0.3 is 39.5 Å². The third-order valence-electron chi connectivity index (χ3n) is 20.0. The highest BCUT2D eigenvalue weighted by Gasteiger charge is 2.30. The van der Waals surface area contributed by atoms with E-state index in [1.807, 2.05) is 0 Å². The van der Waals surface area contributed by atoms with Crippen LogP contribution in [-0.4, -0.2) is 96.7 Å². The molecule has 0 bridgehead atoms. The molecular weight excluding hydrogens is 1340 g/mol. The van der Waals surface area contributed by atoms with Crippen molar-refractivity contribution in [2.75, 3.05) is 39.6 Å². The van der Waals surface area contributed by atoms with Crippen molar-refractivity contribution < 1.29 is 80.2 Å². The number of phosphoric ester groups is 2. The molecule has 612 valence electrons. The van der Waals surface area contributed by atoms with Crippen molar-refractivity contribution in [2.24, 2.45) is 17.8 Å². The average Bonchev–Trinajstić information content (AvgIpc) is 0.911. The van der Waals surface area contributed by atoms with Gasteiger partial charge in [-0.3, -0.25) is 37.3 Å². The van der Waals surface area contributed by atoms with E-state index in [-0.39, 0.29) is 25.7 Å². The van der Waals surface area contributed by atoms with Crippen molar-refractivity contribution in [3.8, 4) is 0 Å². The molecule has 103 heavy (non-hydrogen) atoms. The van der Waals surface area contributed by atoms with Crippen molar-refractivity contribution in [1.29, 1.82) is 0 Å². The predicted octanol–water partition coefficient (Wildman–Crippen LogP) is 25.3. The maximum absolute atomic E-state index is 13.1. The fourth-order valence-electron chi connectivity index (χ4n) is 13.0. The molecule has 0 aliphatic carbocycles. The van der Waals surface area contributed by atoms with Crippen molar-refractivity contribution in [3.05, 3.63) is 0 Å². The fourth-order valence-corrected chi connectivity index (χ4v) is 14.6. The molecule has 0 saturated heterocycles. The van der Waals surface area contributed by atoms with E-state index in [1.165, 1.54) is 250 Å². The van der Waals surface area contributed by atoms with Gasteiger partial charge in [-0.1, -0.05) is 389 Å². The standard InChI is InChI=1S/C84H164O17P2/c1-8-10-11-12-13-14-15-22-29-37-44-51-58-65-81(86)94-72-80(101-84(89)68-61-54-47-40-33-32-35-42-49-56-63-76(5)6)74-99-103(92,93)97-70-78(85)69-96-102(90,91)98-73-79(71-95-82(87)66-59-52-45-38-30-26-25-27-34-41-48-55-62-75(3)4)100-83(88)67-60-53-46-39-31-24-21-19-17-16-18-20-23-28-36-43-50-57-64-77(7)9-2/h75-80,85H,8-74H2,1-7H3,(H,90,91)(H,92,93)/t77?,78-,79-,80-/m1/s1. The van der Waals surface area contributed by atoms with Crippen LogP contribution in [0.1, 0.15) is 440 Å². The van der Waals surface area contributed by atoms with Crippen molar-refractivity contribution in [1.82, 2.24) is 0 Å². The minimum atomic E-state index is -4.96. The van der Waals surface area contributed by atoms with E-state index in [1.54, 1.807) is 0 Å². The molecule has 0 radical (unpaired) electrons. The molecule has 0 aliphatic heterocycles. The summed E-state index contributed by atoms with van der Waals surface area (Å²) in [4.78, 5) is 73.2. The maximum atomic E-state index is 13.1. The highest BCUT2D eigenvalue weighted by atomic mass is 31.2. The molecule has 0 saturated carbocycles. The lowest BCUT2D eigenvalue weighted by Crippen LogP contribution is -2.30. The number of carbonyl (C=O) groups is 4. The second kappa shape index (κ2) is 74.2. The SMILES string of the molecule is CCCCCCCCCCCCCCCC(=O)OC[C@H](COP(=O)(O)OC[C@H](O)COP(=O)(O)OC[C@@H](COC(=O)CCCCCCCCCCCCCCC(C)C)OC(=O)CCCCCCCCCCCCCCCCCCCCC(C)CC)OC(=O)CCCCCCCCCCCCC(C)C. The van der Waals surface area contributed by atoms with Gasteiger partial charge in [0.05, 0.1) is 26.4 Å². The first-order valence-electron chi connectivity index (χ1n) is 43.4. The molecule has 0 aliphatic rings. The molecule has 17 nitrogen and oxygen atoms in total. The molecule has 0 amide bonds. The first-order valence-corrected chi connectivity index (χ1v) is 46.4. The van der Waals surface area contributed by atoms with Gasteiger partial charge in [-0.05, 0) is 43.4 Å². The molecule has 3 unspecified atom stereocenters. The summed E-state index contributed by atoms with van der Waals surface area (Å²) in [5.41, 5.74) is 0. The van der Waals surface area contributed by atoms with Crippen LogP contribution in [0.5, 0.6) is 0 Å². The average molecular weight is 1510 g/mol. The summed E-state index contributed by atoms with van der Waals surface area (Å²) >= 11 is 0. The highest BCUT2D eigenvalue weighted by molar-refractivity contribution is 7.47. The van der Waals surface area contributed by atoms with E-state index >= 15 is 0 Å². The lowest BCUT2D eigenvalue weighted by atomic mass is 9.99. The van der Waals surface area contributed by atoms with Gasteiger partial charge in [0.25, 0.3) is 0 Å². The summed E-state index contributed by atoms with van der Waals surface area (Å²) in [6, 6.07) is 0. The number of unbranched alkanes of at least 4 members (excludes halogenated alkanes) is 49. The summed E-state index contributed by atoms with van der Waals surface area (Å²) in [5, 5.41) is 10.7. The Morgan fingerprint density at radius 1 is 0.282 bits per heavy atom. The topological polar surface area (TPSA) is 237 Å². The summed E-state index contributed by atoms with van der Waals surface area (Å²) in [6.45, 7) is 12.0. The van der Waals surface area contributed by atoms with E-state index in [0.717, 1.165) is 108 Å². The lowest BCUT2D eigenvalue weighted by Gasteiger charge is -2.21. The van der Waals surface area contributed by atoms with Crippen LogP contribution in [0.3, 0.4) is 0 Å². The third kappa shape index (κ3) is 76.6. The van der Waals surface area contributed by atoms with Crippen LogP contribution in [0.4, 0.5) is 0 Å². The summed E-state index contributed by atoms with van der Waals surface area (Å²) in [6.07, 6.45) is 63.7. The van der Waals surface area contributed by atoms with Crippen LogP contribution < -0.4 is 0 Å². The second-order valence-electron chi connectivity index (χ2n) is 31.4. The number of hydrogen-bond donors (Lipinski definition) is 3. The molecule has 3 N–H and O–H groups in total. The number of esters is 4. The Balaban J connectivity index is 5.24. The van der Waals surface area contributed by atoms with E-state index in [2.05, 4.69) is 48.5 Å². The van der Waals surface area contributed by atoms with Gasteiger partial charge in [0.1, 0.15) is 19.3 Å². The second-order valence-corrected chi connectivity index (χ2v) is 34.3. The first kappa shape index (κ1) is 101. The zero-order valence-electron chi connectivity index (χ0n) is 67.8. The number of phosphoric acid groups is 2. The van der Waals surface area contributed by atoms with Crippen molar-refractivity contribution in [3.63, 3.8) is 0 Å². The van der Waals surface area contributed by atoms with Gasteiger partial charge < -0.3 is 33.8 Å². The Labute approximate surface area is 632 Å². The monoisotopic (exact) mass is 1510 g/mol. The van der Waals surface area contributed by atoms with Crippen LogP contribution in [0, 0.1) is 17.8 Å².